The highest BCUT2D eigenvalue weighted by Crippen LogP contribution is 2.14. The fourth-order valence-corrected chi connectivity index (χ4v) is 2.13. The van der Waals surface area contributed by atoms with Gasteiger partial charge in [0.25, 0.3) is 0 Å². The van der Waals surface area contributed by atoms with Gasteiger partial charge in [-0.05, 0) is 30.5 Å². The van der Waals surface area contributed by atoms with Crippen molar-refractivity contribution >= 4 is 15.9 Å². The predicted octanol–water partition coefficient (Wildman–Crippen LogP) is 5.56. The molecule has 0 saturated heterocycles. The fourth-order valence-electron chi connectivity index (χ4n) is 1.86. The lowest BCUT2D eigenvalue weighted by molar-refractivity contribution is 0.596. The summed E-state index contributed by atoms with van der Waals surface area (Å²) in [6.45, 7) is 3.86. The molecular weight excluding hydrogens is 260 g/mol. The summed E-state index contributed by atoms with van der Waals surface area (Å²) in [5, 5.41) is 0. The van der Waals surface area contributed by atoms with E-state index >= 15 is 0 Å². The summed E-state index contributed by atoms with van der Waals surface area (Å²) < 4.78 is 1.17. The minimum absolute atomic E-state index is 1.10. The molecule has 16 heavy (non-hydrogen) atoms. The van der Waals surface area contributed by atoms with E-state index in [-0.39, 0.29) is 0 Å². The highest BCUT2D eigenvalue weighted by Gasteiger charge is 1.94. The molecule has 0 unspecified atom stereocenters. The van der Waals surface area contributed by atoms with Crippen LogP contribution in [-0.4, -0.2) is 0 Å². The van der Waals surface area contributed by atoms with E-state index < -0.39 is 0 Å². The van der Waals surface area contributed by atoms with Crippen LogP contribution < -0.4 is 0 Å². The topological polar surface area (TPSA) is 0 Å². The van der Waals surface area contributed by atoms with Crippen molar-refractivity contribution in [2.24, 2.45) is 0 Å². The third-order valence-corrected chi connectivity index (χ3v) is 3.41. The van der Waals surface area contributed by atoms with Gasteiger partial charge >= 0.3 is 0 Å². The van der Waals surface area contributed by atoms with Crippen molar-refractivity contribution < 1.29 is 0 Å². The Kier molecular flexibility index (Phi) is 7.58. The number of hydrogen-bond donors (Lipinski definition) is 0. The third-order valence-electron chi connectivity index (χ3n) is 2.88. The quantitative estimate of drug-likeness (QED) is 0.548. The zero-order valence-corrected chi connectivity index (χ0v) is 11.6. The summed E-state index contributed by atoms with van der Waals surface area (Å²) in [5.41, 5.74) is 1.46. The molecule has 89 valence electrons. The molecule has 0 aromatic heterocycles. The summed E-state index contributed by atoms with van der Waals surface area (Å²) in [7, 11) is 0. The SMILES string of the molecule is [CH2]CCCCCCCCc1ccc(Br)cc1. The molecule has 1 heteroatoms. The van der Waals surface area contributed by atoms with Gasteiger partial charge in [0.05, 0.1) is 0 Å². The Labute approximate surface area is 109 Å². The largest absolute Gasteiger partial charge is 0.0579 e. The molecule has 0 bridgehead atoms. The van der Waals surface area contributed by atoms with Gasteiger partial charge in [-0.2, -0.15) is 0 Å². The maximum atomic E-state index is 3.86. The zero-order chi connectivity index (χ0) is 11.6. The van der Waals surface area contributed by atoms with Crippen molar-refractivity contribution in [3.63, 3.8) is 0 Å². The lowest BCUT2D eigenvalue weighted by Crippen LogP contribution is -1.86. The Morgan fingerprint density at radius 1 is 0.812 bits per heavy atom. The van der Waals surface area contributed by atoms with Gasteiger partial charge in [0.15, 0.2) is 0 Å². The summed E-state index contributed by atoms with van der Waals surface area (Å²) in [6, 6.07) is 8.69. The molecule has 1 radical (unpaired) electrons. The van der Waals surface area contributed by atoms with Gasteiger partial charge in [-0.1, -0.05) is 73.5 Å². The fraction of sp³-hybridized carbons (Fsp3) is 0.533. The Balaban J connectivity index is 2.01. The molecule has 1 aromatic rings. The smallest absolute Gasteiger partial charge is 0.0175 e. The number of hydrogen-bond acceptors (Lipinski definition) is 0. The van der Waals surface area contributed by atoms with Gasteiger partial charge in [-0.25, -0.2) is 0 Å². The maximum Gasteiger partial charge on any atom is 0.0175 e. The molecule has 1 aromatic carbocycles. The van der Waals surface area contributed by atoms with Crippen molar-refractivity contribution in [2.75, 3.05) is 0 Å². The highest BCUT2D eigenvalue weighted by atomic mass is 79.9. The molecule has 0 aliphatic rings. The normalized spacial score (nSPS) is 10.6. The Morgan fingerprint density at radius 2 is 1.38 bits per heavy atom. The number of aryl methyl sites for hydroxylation is 1. The second kappa shape index (κ2) is 8.81. The predicted molar refractivity (Wildman–Crippen MR) is 75.5 cm³/mol. The van der Waals surface area contributed by atoms with E-state index in [0.717, 1.165) is 6.42 Å². The standard InChI is InChI=1S/C15H22Br/c1-2-3-4-5-6-7-8-9-14-10-12-15(16)13-11-14/h10-13H,1-9H2. The van der Waals surface area contributed by atoms with Crippen molar-refractivity contribution in [2.45, 2.75) is 51.4 Å². The second-order valence-corrected chi connectivity index (χ2v) is 5.27. The van der Waals surface area contributed by atoms with E-state index in [2.05, 4.69) is 47.1 Å². The van der Waals surface area contributed by atoms with Crippen LogP contribution in [0.3, 0.4) is 0 Å². The Morgan fingerprint density at radius 3 is 2.00 bits per heavy atom. The first-order valence-corrected chi connectivity index (χ1v) is 7.16. The van der Waals surface area contributed by atoms with E-state index in [0.29, 0.717) is 0 Å². The van der Waals surface area contributed by atoms with Crippen LogP contribution in [0, 0.1) is 6.92 Å². The van der Waals surface area contributed by atoms with Gasteiger partial charge in [-0.15, -0.1) is 0 Å². The van der Waals surface area contributed by atoms with E-state index in [1.807, 2.05) is 0 Å². The first kappa shape index (κ1) is 13.8. The molecule has 0 nitrogen and oxygen atoms in total. The van der Waals surface area contributed by atoms with Gasteiger partial charge in [0.1, 0.15) is 0 Å². The van der Waals surface area contributed by atoms with Gasteiger partial charge in [0, 0.05) is 4.47 Å². The highest BCUT2D eigenvalue weighted by molar-refractivity contribution is 9.10. The number of benzene rings is 1. The van der Waals surface area contributed by atoms with E-state index in [9.17, 15) is 0 Å². The van der Waals surface area contributed by atoms with Crippen molar-refractivity contribution in [1.82, 2.24) is 0 Å². The molecule has 0 atom stereocenters. The monoisotopic (exact) mass is 281 g/mol. The van der Waals surface area contributed by atoms with E-state index in [1.165, 1.54) is 55.0 Å². The van der Waals surface area contributed by atoms with Crippen LogP contribution in [0.25, 0.3) is 0 Å². The molecule has 0 aliphatic heterocycles. The Hall–Kier alpha value is -0.300. The van der Waals surface area contributed by atoms with Crippen LogP contribution in [0.1, 0.15) is 50.5 Å². The lowest BCUT2D eigenvalue weighted by Gasteiger charge is -2.02. The van der Waals surface area contributed by atoms with Crippen molar-refractivity contribution in [1.29, 1.82) is 0 Å². The zero-order valence-electron chi connectivity index (χ0n) is 10.1. The van der Waals surface area contributed by atoms with E-state index in [4.69, 9.17) is 0 Å². The van der Waals surface area contributed by atoms with Crippen LogP contribution in [0.15, 0.2) is 28.7 Å². The molecular formula is C15H22Br. The average molecular weight is 282 g/mol. The lowest BCUT2D eigenvalue weighted by atomic mass is 10.0. The molecule has 0 amide bonds. The van der Waals surface area contributed by atoms with Crippen LogP contribution in [0.2, 0.25) is 0 Å². The third kappa shape index (κ3) is 6.32. The number of rotatable bonds is 8. The molecule has 0 N–H and O–H groups in total. The first-order valence-electron chi connectivity index (χ1n) is 6.36. The first-order chi connectivity index (χ1) is 7.83. The van der Waals surface area contributed by atoms with Gasteiger partial charge in [-0.3, -0.25) is 0 Å². The Bertz CT molecular complexity index is 263. The summed E-state index contributed by atoms with van der Waals surface area (Å²) in [6.07, 6.45) is 10.4. The summed E-state index contributed by atoms with van der Waals surface area (Å²) in [4.78, 5) is 0. The van der Waals surface area contributed by atoms with Crippen LogP contribution in [0.5, 0.6) is 0 Å². The van der Waals surface area contributed by atoms with Crippen molar-refractivity contribution in [3.8, 4) is 0 Å². The summed E-state index contributed by atoms with van der Waals surface area (Å²) >= 11 is 3.46. The summed E-state index contributed by atoms with van der Waals surface area (Å²) in [5.74, 6) is 0. The average Bonchev–Trinajstić information content (AvgIpc) is 2.30. The van der Waals surface area contributed by atoms with Crippen LogP contribution in [-0.2, 0) is 6.42 Å². The minimum Gasteiger partial charge on any atom is -0.0579 e. The van der Waals surface area contributed by atoms with Crippen LogP contribution in [0.4, 0.5) is 0 Å². The number of unbranched alkanes of at least 4 members (excludes halogenated alkanes) is 6. The molecule has 1 rings (SSSR count). The molecule has 0 aliphatic carbocycles. The molecule has 0 saturated carbocycles. The van der Waals surface area contributed by atoms with Gasteiger partial charge < -0.3 is 0 Å². The maximum absolute atomic E-state index is 3.86. The molecule has 0 spiro atoms. The minimum atomic E-state index is 1.10. The van der Waals surface area contributed by atoms with Crippen LogP contribution >= 0.6 is 15.9 Å². The molecule has 0 fully saturated rings. The number of halogens is 1. The second-order valence-electron chi connectivity index (χ2n) is 4.35. The molecule has 0 heterocycles. The van der Waals surface area contributed by atoms with E-state index in [1.54, 1.807) is 0 Å². The van der Waals surface area contributed by atoms with Gasteiger partial charge in [0.2, 0.25) is 0 Å². The van der Waals surface area contributed by atoms with Crippen molar-refractivity contribution in [3.05, 3.63) is 41.2 Å².